The third-order valence-corrected chi connectivity index (χ3v) is 5.57. The number of rotatable bonds is 1. The van der Waals surface area contributed by atoms with E-state index in [1.807, 2.05) is 0 Å². The van der Waals surface area contributed by atoms with Gasteiger partial charge in [-0.25, -0.2) is 0 Å². The van der Waals surface area contributed by atoms with Gasteiger partial charge in [0.25, 0.3) is 0 Å². The van der Waals surface area contributed by atoms with Crippen molar-refractivity contribution in [2.75, 3.05) is 19.6 Å². The first-order valence-corrected chi connectivity index (χ1v) is 8.26. The molecule has 3 rings (SSSR count). The molecule has 3 unspecified atom stereocenters. The van der Waals surface area contributed by atoms with Crippen molar-refractivity contribution in [3.63, 3.8) is 0 Å². The summed E-state index contributed by atoms with van der Waals surface area (Å²) in [5, 5.41) is 3.42. The lowest BCUT2D eigenvalue weighted by Gasteiger charge is -2.41. The molecule has 2 aliphatic carbocycles. The number of carbonyl (C=O) groups is 1. The Morgan fingerprint density at radius 3 is 2.68 bits per heavy atom. The Hall–Kier alpha value is -0.570. The molecule has 108 valence electrons. The fourth-order valence-corrected chi connectivity index (χ4v) is 4.49. The van der Waals surface area contributed by atoms with Gasteiger partial charge in [-0.05, 0) is 38.0 Å². The van der Waals surface area contributed by atoms with E-state index in [9.17, 15) is 4.79 Å². The molecule has 3 aliphatic rings. The van der Waals surface area contributed by atoms with Gasteiger partial charge in [-0.1, -0.05) is 25.7 Å². The highest BCUT2D eigenvalue weighted by molar-refractivity contribution is 5.79. The fourth-order valence-electron chi connectivity index (χ4n) is 4.49. The van der Waals surface area contributed by atoms with Gasteiger partial charge in [0.15, 0.2) is 0 Å². The first kappa shape index (κ1) is 13.4. The fraction of sp³-hybridized carbons (Fsp3) is 0.938. The van der Waals surface area contributed by atoms with Crippen molar-refractivity contribution in [2.24, 2.45) is 17.8 Å². The van der Waals surface area contributed by atoms with E-state index in [2.05, 4.69) is 17.1 Å². The first-order valence-electron chi connectivity index (χ1n) is 8.26. The number of piperazine rings is 1. The number of hydrogen-bond acceptors (Lipinski definition) is 2. The Morgan fingerprint density at radius 1 is 1.11 bits per heavy atom. The molecule has 4 atom stereocenters. The van der Waals surface area contributed by atoms with Crippen LogP contribution < -0.4 is 5.32 Å². The molecule has 1 aliphatic heterocycles. The summed E-state index contributed by atoms with van der Waals surface area (Å²) < 4.78 is 0. The van der Waals surface area contributed by atoms with Crippen molar-refractivity contribution in [2.45, 2.75) is 57.9 Å². The van der Waals surface area contributed by atoms with Crippen LogP contribution in [0.2, 0.25) is 0 Å². The Morgan fingerprint density at radius 2 is 1.89 bits per heavy atom. The summed E-state index contributed by atoms with van der Waals surface area (Å²) in [5.74, 6) is 2.60. The molecule has 1 N–H and O–H groups in total. The van der Waals surface area contributed by atoms with Crippen LogP contribution in [0.4, 0.5) is 0 Å². The second-order valence-electron chi connectivity index (χ2n) is 6.95. The van der Waals surface area contributed by atoms with E-state index in [4.69, 9.17) is 0 Å². The molecule has 3 fully saturated rings. The molecule has 1 heterocycles. The van der Waals surface area contributed by atoms with Gasteiger partial charge in [0.1, 0.15) is 0 Å². The van der Waals surface area contributed by atoms with Crippen LogP contribution in [0.25, 0.3) is 0 Å². The highest BCUT2D eigenvalue weighted by Gasteiger charge is 2.37. The molecule has 0 aromatic heterocycles. The van der Waals surface area contributed by atoms with Gasteiger partial charge < -0.3 is 10.2 Å². The Bertz CT molecular complexity index is 331. The van der Waals surface area contributed by atoms with Crippen LogP contribution >= 0.6 is 0 Å². The Balaban J connectivity index is 1.58. The molecule has 3 heteroatoms. The molecule has 0 bridgehead atoms. The summed E-state index contributed by atoms with van der Waals surface area (Å²) in [6.45, 7) is 4.96. The Kier molecular flexibility index (Phi) is 4.11. The smallest absolute Gasteiger partial charge is 0.225 e. The molecular weight excluding hydrogens is 236 g/mol. The normalized spacial score (nSPS) is 39.7. The lowest BCUT2D eigenvalue weighted by molar-refractivity contribution is -0.139. The zero-order valence-electron chi connectivity index (χ0n) is 12.2. The standard InChI is InChI=1S/C16H28N2O/c1-12-11-18(9-8-17-12)16(19)15-7-6-13-4-2-3-5-14(13)10-15/h12-15,17H,2-11H2,1H3/t12-,13?,14?,15?/m0/s1. The number of nitrogens with one attached hydrogen (secondary N) is 1. The van der Waals surface area contributed by atoms with Crippen LogP contribution in [-0.4, -0.2) is 36.5 Å². The van der Waals surface area contributed by atoms with Gasteiger partial charge in [-0.2, -0.15) is 0 Å². The average Bonchev–Trinajstić information content (AvgIpc) is 2.46. The van der Waals surface area contributed by atoms with Crippen molar-refractivity contribution in [1.82, 2.24) is 10.2 Å². The molecule has 1 saturated heterocycles. The van der Waals surface area contributed by atoms with E-state index < -0.39 is 0 Å². The van der Waals surface area contributed by atoms with Crippen molar-refractivity contribution < 1.29 is 4.79 Å². The third-order valence-electron chi connectivity index (χ3n) is 5.57. The maximum Gasteiger partial charge on any atom is 0.225 e. The topological polar surface area (TPSA) is 32.3 Å². The summed E-state index contributed by atoms with van der Waals surface area (Å²) in [5.41, 5.74) is 0. The van der Waals surface area contributed by atoms with Crippen LogP contribution in [0.5, 0.6) is 0 Å². The number of carbonyl (C=O) groups excluding carboxylic acids is 1. The van der Waals surface area contributed by atoms with E-state index >= 15 is 0 Å². The van der Waals surface area contributed by atoms with Crippen LogP contribution in [0.15, 0.2) is 0 Å². The maximum atomic E-state index is 12.7. The first-order chi connectivity index (χ1) is 9.24. The molecule has 0 aromatic rings. The summed E-state index contributed by atoms with van der Waals surface area (Å²) in [7, 11) is 0. The van der Waals surface area contributed by atoms with Gasteiger partial charge in [0.05, 0.1) is 0 Å². The van der Waals surface area contributed by atoms with E-state index in [0.717, 1.165) is 37.9 Å². The third kappa shape index (κ3) is 2.96. The predicted octanol–water partition coefficient (Wildman–Crippen LogP) is 2.41. The second kappa shape index (κ2) is 5.82. The lowest BCUT2D eigenvalue weighted by atomic mass is 9.67. The number of nitrogens with zero attached hydrogens (tertiary/aromatic N) is 1. The number of fused-ring (bicyclic) bond motifs is 1. The zero-order valence-corrected chi connectivity index (χ0v) is 12.2. The minimum Gasteiger partial charge on any atom is -0.340 e. The van der Waals surface area contributed by atoms with E-state index in [1.165, 1.54) is 38.5 Å². The van der Waals surface area contributed by atoms with Crippen LogP contribution in [-0.2, 0) is 4.79 Å². The molecule has 0 spiro atoms. The van der Waals surface area contributed by atoms with Crippen molar-refractivity contribution in [1.29, 1.82) is 0 Å². The van der Waals surface area contributed by atoms with Crippen molar-refractivity contribution in [3.8, 4) is 0 Å². The summed E-state index contributed by atoms with van der Waals surface area (Å²) >= 11 is 0. The van der Waals surface area contributed by atoms with Gasteiger partial charge in [0, 0.05) is 31.6 Å². The summed E-state index contributed by atoms with van der Waals surface area (Å²) in [6.07, 6.45) is 9.27. The predicted molar refractivity (Wildman–Crippen MR) is 76.8 cm³/mol. The largest absolute Gasteiger partial charge is 0.340 e. The highest BCUT2D eigenvalue weighted by Crippen LogP contribution is 2.43. The minimum atomic E-state index is 0.338. The van der Waals surface area contributed by atoms with Gasteiger partial charge in [-0.3, -0.25) is 4.79 Å². The van der Waals surface area contributed by atoms with Crippen LogP contribution in [0, 0.1) is 17.8 Å². The molecule has 0 aromatic carbocycles. The summed E-state index contributed by atoms with van der Waals surface area (Å²) in [4.78, 5) is 14.8. The molecule has 1 amide bonds. The van der Waals surface area contributed by atoms with Crippen molar-refractivity contribution >= 4 is 5.91 Å². The molecule has 0 radical (unpaired) electrons. The molecular formula is C16H28N2O. The molecule has 19 heavy (non-hydrogen) atoms. The number of hydrogen-bond donors (Lipinski definition) is 1. The number of amides is 1. The summed E-state index contributed by atoms with van der Waals surface area (Å²) in [6, 6.07) is 0.462. The lowest BCUT2D eigenvalue weighted by Crippen LogP contribution is -2.53. The highest BCUT2D eigenvalue weighted by atomic mass is 16.2. The SMILES string of the molecule is C[C@H]1CN(C(=O)C2CCC3CCCCC3C2)CCN1. The second-order valence-corrected chi connectivity index (χ2v) is 6.95. The van der Waals surface area contributed by atoms with E-state index in [0.29, 0.717) is 17.9 Å². The minimum absolute atomic E-state index is 0.338. The van der Waals surface area contributed by atoms with Gasteiger partial charge in [-0.15, -0.1) is 0 Å². The monoisotopic (exact) mass is 264 g/mol. The molecule has 2 saturated carbocycles. The average molecular weight is 264 g/mol. The maximum absolute atomic E-state index is 12.7. The van der Waals surface area contributed by atoms with Crippen molar-refractivity contribution in [3.05, 3.63) is 0 Å². The van der Waals surface area contributed by atoms with E-state index in [-0.39, 0.29) is 0 Å². The van der Waals surface area contributed by atoms with E-state index in [1.54, 1.807) is 0 Å². The zero-order chi connectivity index (χ0) is 13.2. The van der Waals surface area contributed by atoms with Crippen LogP contribution in [0.1, 0.15) is 51.9 Å². The van der Waals surface area contributed by atoms with Crippen LogP contribution in [0.3, 0.4) is 0 Å². The Labute approximate surface area is 117 Å². The molecule has 3 nitrogen and oxygen atoms in total. The quantitative estimate of drug-likeness (QED) is 0.789. The van der Waals surface area contributed by atoms with Gasteiger partial charge >= 0.3 is 0 Å². The van der Waals surface area contributed by atoms with Gasteiger partial charge in [0.2, 0.25) is 5.91 Å².